The summed E-state index contributed by atoms with van der Waals surface area (Å²) >= 11 is 0. The van der Waals surface area contributed by atoms with Crippen LogP contribution in [-0.4, -0.2) is 15.1 Å². The Morgan fingerprint density at radius 3 is 2.33 bits per heavy atom. The number of fused-ring (bicyclic) bond motifs is 2. The van der Waals surface area contributed by atoms with Gasteiger partial charge in [0, 0.05) is 33.0 Å². The van der Waals surface area contributed by atoms with E-state index in [1.165, 1.54) is 0 Å². The van der Waals surface area contributed by atoms with E-state index >= 15 is 0 Å². The van der Waals surface area contributed by atoms with E-state index in [2.05, 4.69) is 29.2 Å². The number of phenols is 1. The molecule has 0 bridgehead atoms. The molecule has 4 aromatic carbocycles. The molecule has 2 aromatic heterocycles. The van der Waals surface area contributed by atoms with Crippen LogP contribution in [0.2, 0.25) is 0 Å². The standard InChI is InChI=1S/C28H17N2O2.Pt/c31-25-13-4-3-11-23(25)28-30-27-22(12-6-14-26(27)32-28)19-9-5-10-20(15-19)24-16-18-7-1-2-8-21(18)17-29-24;/h1-14,16-17,31H;/q-1;. The molecule has 1 N–H and O–H groups in total. The van der Waals surface area contributed by atoms with E-state index in [1.54, 1.807) is 18.2 Å². The fourth-order valence-corrected chi connectivity index (χ4v) is 3.94. The summed E-state index contributed by atoms with van der Waals surface area (Å²) in [5, 5.41) is 12.4. The number of benzene rings is 4. The van der Waals surface area contributed by atoms with Gasteiger partial charge in [0.25, 0.3) is 0 Å². The summed E-state index contributed by atoms with van der Waals surface area (Å²) in [5.41, 5.74) is 5.54. The summed E-state index contributed by atoms with van der Waals surface area (Å²) in [6, 6.07) is 32.6. The molecule has 0 atom stereocenters. The maximum absolute atomic E-state index is 10.2. The number of hydrogen-bond acceptors (Lipinski definition) is 4. The summed E-state index contributed by atoms with van der Waals surface area (Å²) in [5.74, 6) is 0.523. The second-order valence-corrected chi connectivity index (χ2v) is 7.58. The van der Waals surface area contributed by atoms with E-state index in [0.29, 0.717) is 17.0 Å². The van der Waals surface area contributed by atoms with Crippen LogP contribution < -0.4 is 0 Å². The third-order valence-electron chi connectivity index (χ3n) is 5.55. The van der Waals surface area contributed by atoms with E-state index in [4.69, 9.17) is 9.40 Å². The minimum atomic E-state index is 0. The summed E-state index contributed by atoms with van der Waals surface area (Å²) in [6.45, 7) is 0. The first-order valence-electron chi connectivity index (χ1n) is 10.3. The predicted molar refractivity (Wildman–Crippen MR) is 126 cm³/mol. The molecule has 5 heteroatoms. The zero-order chi connectivity index (χ0) is 21.5. The van der Waals surface area contributed by atoms with Crippen LogP contribution >= 0.6 is 0 Å². The van der Waals surface area contributed by atoms with Crippen molar-refractivity contribution in [1.29, 1.82) is 0 Å². The first-order valence-corrected chi connectivity index (χ1v) is 10.3. The molecule has 0 spiro atoms. The van der Waals surface area contributed by atoms with Gasteiger partial charge >= 0.3 is 0 Å². The number of pyridine rings is 1. The van der Waals surface area contributed by atoms with Gasteiger partial charge in [0.1, 0.15) is 11.3 Å². The van der Waals surface area contributed by atoms with Crippen molar-refractivity contribution in [2.75, 3.05) is 0 Å². The molecule has 0 radical (unpaired) electrons. The molecule has 6 rings (SSSR count). The van der Waals surface area contributed by atoms with Gasteiger partial charge in [-0.2, -0.15) is 0 Å². The van der Waals surface area contributed by atoms with Crippen LogP contribution in [0, 0.1) is 6.07 Å². The number of phenolic OH excluding ortho intramolecular Hbond substituents is 1. The van der Waals surface area contributed by atoms with E-state index < -0.39 is 0 Å². The molecule has 0 amide bonds. The minimum absolute atomic E-state index is 0. The van der Waals surface area contributed by atoms with E-state index in [-0.39, 0.29) is 26.8 Å². The van der Waals surface area contributed by atoms with Gasteiger partial charge in [-0.1, -0.05) is 65.7 Å². The monoisotopic (exact) mass is 608 g/mol. The Bertz CT molecular complexity index is 1610. The number of para-hydroxylation sites is 2. The molecule has 0 aliphatic rings. The number of aromatic nitrogens is 2. The van der Waals surface area contributed by atoms with Crippen molar-refractivity contribution in [3.8, 4) is 39.6 Å². The molecular weight excluding hydrogens is 591 g/mol. The maximum Gasteiger partial charge on any atom is 0.230 e. The van der Waals surface area contributed by atoms with E-state index in [0.717, 1.165) is 38.7 Å². The minimum Gasteiger partial charge on any atom is -0.507 e. The number of nitrogens with zero attached hydrogens (tertiary/aromatic N) is 2. The third kappa shape index (κ3) is 3.83. The normalized spacial score (nSPS) is 10.9. The van der Waals surface area contributed by atoms with Gasteiger partial charge < -0.3 is 9.52 Å². The van der Waals surface area contributed by atoms with Crippen LogP contribution in [0.5, 0.6) is 5.75 Å². The van der Waals surface area contributed by atoms with Crippen molar-refractivity contribution in [1.82, 2.24) is 9.97 Å². The van der Waals surface area contributed by atoms with Crippen molar-refractivity contribution < 1.29 is 30.6 Å². The van der Waals surface area contributed by atoms with Gasteiger partial charge in [-0.25, -0.2) is 4.98 Å². The Hall–Kier alpha value is -3.75. The van der Waals surface area contributed by atoms with Crippen LogP contribution in [0.1, 0.15) is 0 Å². The number of aromatic hydroxyl groups is 1. The summed E-state index contributed by atoms with van der Waals surface area (Å²) in [7, 11) is 0. The van der Waals surface area contributed by atoms with E-state index in [9.17, 15) is 5.11 Å². The number of oxazole rings is 1. The van der Waals surface area contributed by atoms with Crippen molar-refractivity contribution in [2.45, 2.75) is 0 Å². The van der Waals surface area contributed by atoms with Crippen molar-refractivity contribution in [2.24, 2.45) is 0 Å². The fraction of sp³-hybridized carbons (Fsp3) is 0. The quantitative estimate of drug-likeness (QED) is 0.223. The molecule has 162 valence electrons. The summed E-state index contributed by atoms with van der Waals surface area (Å²) in [4.78, 5) is 9.34. The van der Waals surface area contributed by atoms with Gasteiger partial charge in [-0.3, -0.25) is 4.98 Å². The first kappa shape index (κ1) is 21.1. The van der Waals surface area contributed by atoms with Crippen LogP contribution in [0.25, 0.3) is 55.7 Å². The fourth-order valence-electron chi connectivity index (χ4n) is 3.94. The van der Waals surface area contributed by atoms with Gasteiger partial charge in [-0.15, -0.1) is 29.8 Å². The third-order valence-corrected chi connectivity index (χ3v) is 5.55. The van der Waals surface area contributed by atoms with Gasteiger partial charge in [0.2, 0.25) is 5.89 Å². The predicted octanol–water partition coefficient (Wildman–Crippen LogP) is 6.88. The Kier molecular flexibility index (Phi) is 5.53. The molecule has 0 aliphatic carbocycles. The molecule has 0 fully saturated rings. The smallest absolute Gasteiger partial charge is 0.230 e. The molecule has 6 aromatic rings. The average molecular weight is 609 g/mol. The Morgan fingerprint density at radius 2 is 1.45 bits per heavy atom. The second kappa shape index (κ2) is 8.65. The largest absolute Gasteiger partial charge is 0.507 e. The molecular formula is C28H17N2O2Pt-. The maximum atomic E-state index is 10.2. The average Bonchev–Trinajstić information content (AvgIpc) is 3.28. The Morgan fingerprint density at radius 1 is 0.727 bits per heavy atom. The Labute approximate surface area is 204 Å². The topological polar surface area (TPSA) is 59.2 Å². The molecule has 0 aliphatic heterocycles. The SMILES string of the molecule is Oc1ccccc1-c1nc2c(-c3[c-]c(-c4cc5ccccc5cn4)ccc3)cccc2o1.[Pt]. The zero-order valence-corrected chi connectivity index (χ0v) is 19.6. The number of hydrogen-bond donors (Lipinski definition) is 1. The molecule has 2 heterocycles. The molecule has 4 nitrogen and oxygen atoms in total. The van der Waals surface area contributed by atoms with Crippen molar-refractivity contribution >= 4 is 21.9 Å². The van der Waals surface area contributed by atoms with Crippen molar-refractivity contribution in [3.05, 3.63) is 103 Å². The van der Waals surface area contributed by atoms with Crippen molar-refractivity contribution in [3.63, 3.8) is 0 Å². The molecule has 0 unspecified atom stereocenters. The van der Waals surface area contributed by atoms with Crippen LogP contribution in [0.15, 0.2) is 102 Å². The van der Waals surface area contributed by atoms with Gasteiger partial charge in [-0.05, 0) is 29.0 Å². The van der Waals surface area contributed by atoms with Crippen LogP contribution in [0.4, 0.5) is 0 Å². The molecule has 33 heavy (non-hydrogen) atoms. The first-order chi connectivity index (χ1) is 15.8. The van der Waals surface area contributed by atoms with Gasteiger partial charge in [0.05, 0.1) is 11.1 Å². The van der Waals surface area contributed by atoms with Crippen LogP contribution in [-0.2, 0) is 21.1 Å². The zero-order valence-electron chi connectivity index (χ0n) is 17.3. The van der Waals surface area contributed by atoms with Gasteiger partial charge in [0.15, 0.2) is 0 Å². The number of rotatable bonds is 3. The molecule has 0 saturated heterocycles. The van der Waals surface area contributed by atoms with Crippen LogP contribution in [0.3, 0.4) is 0 Å². The summed E-state index contributed by atoms with van der Waals surface area (Å²) < 4.78 is 5.96. The summed E-state index contributed by atoms with van der Waals surface area (Å²) in [6.07, 6.45) is 1.89. The second-order valence-electron chi connectivity index (χ2n) is 7.58. The molecule has 0 saturated carbocycles. The Balaban J connectivity index is 0.00000228. The van der Waals surface area contributed by atoms with E-state index in [1.807, 2.05) is 60.8 Å².